The Hall–Kier alpha value is -2.10. The van der Waals surface area contributed by atoms with Crippen LogP contribution in [0.25, 0.3) is 0 Å². The first-order chi connectivity index (χ1) is 9.56. The smallest absolute Gasteiger partial charge is 0.166 e. The molecular formula is C16H18N2O2. The predicted molar refractivity (Wildman–Crippen MR) is 76.4 cm³/mol. The van der Waals surface area contributed by atoms with Gasteiger partial charge < -0.3 is 4.74 Å². The molecule has 0 spiro atoms. The maximum atomic E-state index is 11.6. The van der Waals surface area contributed by atoms with Crippen molar-refractivity contribution >= 4 is 5.78 Å². The minimum Gasteiger partial charge on any atom is -0.457 e. The van der Waals surface area contributed by atoms with Gasteiger partial charge in [0.15, 0.2) is 5.78 Å². The summed E-state index contributed by atoms with van der Waals surface area (Å²) in [6, 6.07) is 7.86. The normalized spacial score (nSPS) is 18.4. The lowest BCUT2D eigenvalue weighted by atomic mass is 9.87. The molecule has 2 aliphatic heterocycles. The van der Waals surface area contributed by atoms with Crippen molar-refractivity contribution in [3.63, 3.8) is 0 Å². The fraction of sp³-hybridized carbons (Fsp3) is 0.375. The lowest BCUT2D eigenvalue weighted by Gasteiger charge is -2.18. The van der Waals surface area contributed by atoms with Crippen LogP contribution in [0.2, 0.25) is 0 Å². The third-order valence-corrected chi connectivity index (χ3v) is 3.86. The Kier molecular flexibility index (Phi) is 3.08. The second-order valence-corrected chi connectivity index (χ2v) is 5.41. The lowest BCUT2D eigenvalue weighted by molar-refractivity contribution is 0.0966. The molecule has 1 aromatic carbocycles. The number of ether oxygens (including phenoxy) is 1. The van der Waals surface area contributed by atoms with Gasteiger partial charge in [0.05, 0.1) is 17.0 Å². The Balaban J connectivity index is 0.000000144. The summed E-state index contributed by atoms with van der Waals surface area (Å²) in [6.07, 6.45) is 1.64. The highest BCUT2D eigenvalue weighted by Gasteiger charge is 2.28. The first kappa shape index (κ1) is 12.9. The summed E-state index contributed by atoms with van der Waals surface area (Å²) >= 11 is 0. The Bertz CT molecular complexity index is 648. The largest absolute Gasteiger partial charge is 0.457 e. The Morgan fingerprint density at radius 3 is 2.45 bits per heavy atom. The van der Waals surface area contributed by atoms with E-state index in [1.54, 1.807) is 0 Å². The van der Waals surface area contributed by atoms with Gasteiger partial charge in [0.25, 0.3) is 0 Å². The summed E-state index contributed by atoms with van der Waals surface area (Å²) in [4.78, 5) is 11.6. The van der Waals surface area contributed by atoms with E-state index < -0.39 is 0 Å². The number of aryl methyl sites for hydroxylation is 2. The molecule has 3 heterocycles. The summed E-state index contributed by atoms with van der Waals surface area (Å²) in [5.74, 6) is 2.70. The molecule has 1 aromatic heterocycles. The average molecular weight is 270 g/mol. The highest BCUT2D eigenvalue weighted by Crippen LogP contribution is 2.33. The fourth-order valence-corrected chi connectivity index (χ4v) is 2.87. The molecule has 1 unspecified atom stereocenters. The van der Waals surface area contributed by atoms with E-state index in [9.17, 15) is 4.79 Å². The van der Waals surface area contributed by atoms with E-state index in [1.807, 2.05) is 42.9 Å². The van der Waals surface area contributed by atoms with Crippen LogP contribution in [0.5, 0.6) is 11.5 Å². The van der Waals surface area contributed by atoms with Crippen molar-refractivity contribution in [1.82, 2.24) is 9.78 Å². The number of hydrogen-bond acceptors (Lipinski definition) is 3. The topological polar surface area (TPSA) is 44.1 Å². The molecule has 104 valence electrons. The molecule has 3 aliphatic rings. The number of rotatable bonds is 0. The highest BCUT2D eigenvalue weighted by atomic mass is 16.5. The summed E-state index contributed by atoms with van der Waals surface area (Å²) in [5, 5.41) is 4.29. The zero-order valence-electron chi connectivity index (χ0n) is 12.0. The minimum atomic E-state index is 0.263. The van der Waals surface area contributed by atoms with E-state index >= 15 is 0 Å². The van der Waals surface area contributed by atoms with Gasteiger partial charge in [-0.15, -0.1) is 0 Å². The van der Waals surface area contributed by atoms with Gasteiger partial charge in [0.2, 0.25) is 0 Å². The number of fused-ring (bicyclic) bond motifs is 3. The SMILES string of the molecule is Cc1nn(C)c2c1C(=O)CCC2C.c1cc2cc(c1)O2. The van der Waals surface area contributed by atoms with Crippen LogP contribution in [0.4, 0.5) is 0 Å². The van der Waals surface area contributed by atoms with E-state index in [1.165, 1.54) is 0 Å². The second kappa shape index (κ2) is 4.78. The van der Waals surface area contributed by atoms with Crippen LogP contribution in [-0.2, 0) is 7.05 Å². The molecule has 0 radical (unpaired) electrons. The minimum absolute atomic E-state index is 0.263. The number of carbonyl (C=O) groups excluding carboxylic acids is 1. The van der Waals surface area contributed by atoms with Crippen molar-refractivity contribution < 1.29 is 9.53 Å². The first-order valence-electron chi connectivity index (χ1n) is 6.91. The van der Waals surface area contributed by atoms with Gasteiger partial charge in [-0.25, -0.2) is 0 Å². The summed E-state index contributed by atoms with van der Waals surface area (Å²) in [7, 11) is 1.92. The van der Waals surface area contributed by atoms with E-state index in [-0.39, 0.29) is 5.78 Å². The van der Waals surface area contributed by atoms with Gasteiger partial charge in [-0.05, 0) is 31.4 Å². The fourth-order valence-electron chi connectivity index (χ4n) is 2.87. The van der Waals surface area contributed by atoms with Gasteiger partial charge >= 0.3 is 0 Å². The van der Waals surface area contributed by atoms with Crippen LogP contribution in [-0.4, -0.2) is 15.6 Å². The van der Waals surface area contributed by atoms with Crippen LogP contribution in [0.1, 0.15) is 47.4 Å². The third-order valence-electron chi connectivity index (χ3n) is 3.86. The number of ketones is 1. The molecule has 4 nitrogen and oxygen atoms in total. The van der Waals surface area contributed by atoms with Gasteiger partial charge in [-0.2, -0.15) is 5.10 Å². The van der Waals surface area contributed by atoms with Crippen molar-refractivity contribution in [2.45, 2.75) is 32.6 Å². The standard InChI is InChI=1S/C10H14N2O.C6H4O/c1-6-4-5-8(13)9-7(2)11-12(3)10(6)9;1-2-5-4-6(3-1)7-5/h6H,4-5H2,1-3H3;1-4H. The van der Waals surface area contributed by atoms with Crippen molar-refractivity contribution in [1.29, 1.82) is 0 Å². The third kappa shape index (κ3) is 2.11. The summed E-state index contributed by atoms with van der Waals surface area (Å²) < 4.78 is 6.86. The lowest BCUT2D eigenvalue weighted by Crippen LogP contribution is -2.15. The number of benzene rings is 1. The zero-order chi connectivity index (χ0) is 14.3. The molecule has 1 aliphatic carbocycles. The van der Waals surface area contributed by atoms with Crippen LogP contribution in [0.3, 0.4) is 0 Å². The molecule has 2 bridgehead atoms. The molecule has 5 rings (SSSR count). The molecule has 0 N–H and O–H groups in total. The summed E-state index contributed by atoms with van der Waals surface area (Å²) in [5.41, 5.74) is 2.88. The molecular weight excluding hydrogens is 252 g/mol. The molecule has 0 amide bonds. The summed E-state index contributed by atoms with van der Waals surface area (Å²) in [6.45, 7) is 4.07. The van der Waals surface area contributed by atoms with Crippen LogP contribution in [0.15, 0.2) is 24.3 Å². The van der Waals surface area contributed by atoms with E-state index in [0.717, 1.165) is 34.9 Å². The monoisotopic (exact) mass is 270 g/mol. The molecule has 4 heteroatoms. The maximum Gasteiger partial charge on any atom is 0.166 e. The number of hydrogen-bond donors (Lipinski definition) is 0. The van der Waals surface area contributed by atoms with E-state index in [0.29, 0.717) is 12.3 Å². The van der Waals surface area contributed by atoms with Gasteiger partial charge in [-0.1, -0.05) is 13.0 Å². The van der Waals surface area contributed by atoms with Crippen molar-refractivity contribution in [2.24, 2.45) is 7.05 Å². The molecule has 1 atom stereocenters. The Labute approximate surface area is 118 Å². The number of carbonyl (C=O) groups is 1. The van der Waals surface area contributed by atoms with Crippen LogP contribution < -0.4 is 4.74 Å². The van der Waals surface area contributed by atoms with Gasteiger partial charge in [0.1, 0.15) is 11.5 Å². The quantitative estimate of drug-likeness (QED) is 0.627. The van der Waals surface area contributed by atoms with Crippen molar-refractivity contribution in [2.75, 3.05) is 0 Å². The van der Waals surface area contributed by atoms with Crippen molar-refractivity contribution in [3.8, 4) is 11.5 Å². The molecule has 2 aromatic rings. The Morgan fingerprint density at radius 1 is 1.35 bits per heavy atom. The Morgan fingerprint density at radius 2 is 2.00 bits per heavy atom. The first-order valence-corrected chi connectivity index (χ1v) is 6.91. The van der Waals surface area contributed by atoms with E-state index in [4.69, 9.17) is 4.74 Å². The predicted octanol–water partition coefficient (Wildman–Crippen LogP) is 3.60. The molecule has 0 fully saturated rings. The highest BCUT2D eigenvalue weighted by molar-refractivity contribution is 5.99. The van der Waals surface area contributed by atoms with Gasteiger partial charge in [-0.3, -0.25) is 9.48 Å². The van der Waals surface area contributed by atoms with E-state index in [2.05, 4.69) is 12.0 Å². The molecule has 20 heavy (non-hydrogen) atoms. The van der Waals surface area contributed by atoms with Gasteiger partial charge in [0, 0.05) is 19.5 Å². The zero-order valence-corrected chi connectivity index (χ0v) is 12.0. The number of Topliss-reactive ketones (excluding diaryl/α,β-unsaturated/α-hetero) is 1. The average Bonchev–Trinajstić information content (AvgIpc) is 2.71. The number of nitrogens with zero attached hydrogens (tertiary/aromatic N) is 2. The molecule has 0 saturated heterocycles. The maximum absolute atomic E-state index is 11.6. The molecule has 0 saturated carbocycles. The van der Waals surface area contributed by atoms with Crippen LogP contribution >= 0.6 is 0 Å². The van der Waals surface area contributed by atoms with Crippen molar-refractivity contribution in [3.05, 3.63) is 41.2 Å². The second-order valence-electron chi connectivity index (χ2n) is 5.41. The van der Waals surface area contributed by atoms with Crippen LogP contribution in [0, 0.1) is 6.92 Å². The number of aromatic nitrogens is 2.